The van der Waals surface area contributed by atoms with E-state index < -0.39 is 17.4 Å². The number of aliphatic hydroxyl groups is 1. The van der Waals surface area contributed by atoms with Crippen LogP contribution in [0.25, 0.3) is 0 Å². The number of rotatable bonds is 2. The van der Waals surface area contributed by atoms with Crippen molar-refractivity contribution in [2.75, 3.05) is 13.1 Å². The summed E-state index contributed by atoms with van der Waals surface area (Å²) < 4.78 is 25.7. The summed E-state index contributed by atoms with van der Waals surface area (Å²) in [4.78, 5) is 0. The molecule has 2 fully saturated rings. The van der Waals surface area contributed by atoms with E-state index in [0.29, 0.717) is 19.5 Å². The Morgan fingerprint density at radius 3 is 2.46 bits per heavy atom. The molecule has 1 aliphatic carbocycles. The maximum absolute atomic E-state index is 12.9. The van der Waals surface area contributed by atoms with Gasteiger partial charge in [0.05, 0.1) is 6.10 Å². The molecule has 1 heterocycles. The normalized spacial score (nSPS) is 48.0. The summed E-state index contributed by atoms with van der Waals surface area (Å²) in [6.45, 7) is 2.83. The molecule has 2 aliphatic rings. The highest BCUT2D eigenvalue weighted by Crippen LogP contribution is 2.63. The molecule has 0 radical (unpaired) electrons. The molecule has 0 bridgehead atoms. The number of β-amino-alcohol motifs (C(OH)–C–C–N with tert-alkyl or cyclic N) is 1. The van der Waals surface area contributed by atoms with Gasteiger partial charge in [0.1, 0.15) is 0 Å². The Hall–Kier alpha value is -0.220. The second-order valence-corrected chi connectivity index (χ2v) is 4.63. The van der Waals surface area contributed by atoms with Gasteiger partial charge in [0, 0.05) is 24.9 Å². The zero-order chi connectivity index (χ0) is 9.69. The Kier molecular flexibility index (Phi) is 1.90. The van der Waals surface area contributed by atoms with E-state index >= 15 is 0 Å². The Morgan fingerprint density at radius 1 is 1.46 bits per heavy atom. The molecule has 76 valence electrons. The van der Waals surface area contributed by atoms with Crippen molar-refractivity contribution < 1.29 is 13.9 Å². The van der Waals surface area contributed by atoms with Crippen LogP contribution in [0.15, 0.2) is 0 Å². The van der Waals surface area contributed by atoms with E-state index in [1.165, 1.54) is 0 Å². The first-order chi connectivity index (χ1) is 5.95. The fraction of sp³-hybridized carbons (Fsp3) is 1.00. The van der Waals surface area contributed by atoms with Crippen LogP contribution in [-0.4, -0.2) is 30.2 Å². The number of aliphatic hydroxyl groups excluding tert-OH is 1. The summed E-state index contributed by atoms with van der Waals surface area (Å²) >= 11 is 0. The quantitative estimate of drug-likeness (QED) is 0.682. The molecule has 0 aromatic carbocycles. The molecule has 4 heteroatoms. The predicted octanol–water partition coefficient (Wildman–Crippen LogP) is 1.00. The number of halogens is 2. The van der Waals surface area contributed by atoms with Crippen LogP contribution >= 0.6 is 0 Å². The van der Waals surface area contributed by atoms with Crippen LogP contribution in [0.3, 0.4) is 0 Å². The predicted molar refractivity (Wildman–Crippen MR) is 44.7 cm³/mol. The molecule has 0 spiro atoms. The Labute approximate surface area is 76.3 Å². The third-order valence-electron chi connectivity index (χ3n) is 3.39. The minimum absolute atomic E-state index is 0.0107. The van der Waals surface area contributed by atoms with Gasteiger partial charge < -0.3 is 10.4 Å². The van der Waals surface area contributed by atoms with Crippen LogP contribution in [-0.2, 0) is 0 Å². The average molecular weight is 191 g/mol. The van der Waals surface area contributed by atoms with E-state index in [9.17, 15) is 13.9 Å². The van der Waals surface area contributed by atoms with Gasteiger partial charge in [-0.15, -0.1) is 0 Å². The fourth-order valence-corrected chi connectivity index (χ4v) is 2.17. The summed E-state index contributed by atoms with van der Waals surface area (Å²) in [5.41, 5.74) is -0.843. The van der Waals surface area contributed by atoms with Gasteiger partial charge in [-0.3, -0.25) is 0 Å². The number of hydrogen-bond acceptors (Lipinski definition) is 2. The molecule has 1 aliphatic heterocycles. The lowest BCUT2D eigenvalue weighted by Crippen LogP contribution is -2.22. The van der Waals surface area contributed by atoms with E-state index in [1.54, 1.807) is 6.92 Å². The van der Waals surface area contributed by atoms with Gasteiger partial charge in [-0.1, -0.05) is 6.92 Å². The summed E-state index contributed by atoms with van der Waals surface area (Å²) in [6, 6.07) is 0. The van der Waals surface area contributed by atoms with E-state index in [1.807, 2.05) is 0 Å². The van der Waals surface area contributed by atoms with Crippen molar-refractivity contribution in [2.45, 2.75) is 31.8 Å². The number of nitrogens with one attached hydrogen (secondary N) is 1. The molecule has 0 aromatic heterocycles. The van der Waals surface area contributed by atoms with Crippen LogP contribution in [0.2, 0.25) is 0 Å². The smallest absolute Gasteiger partial charge is 0.254 e. The topological polar surface area (TPSA) is 32.3 Å². The Balaban J connectivity index is 1.92. The van der Waals surface area contributed by atoms with Crippen molar-refractivity contribution in [1.29, 1.82) is 0 Å². The van der Waals surface area contributed by atoms with Gasteiger partial charge in [-0.25, -0.2) is 8.78 Å². The number of hydrogen-bond donors (Lipinski definition) is 2. The highest BCUT2D eigenvalue weighted by molar-refractivity contribution is 5.08. The molecule has 0 aromatic rings. The number of alkyl halides is 2. The lowest BCUT2D eigenvalue weighted by molar-refractivity contribution is 0.0490. The minimum atomic E-state index is -2.49. The van der Waals surface area contributed by atoms with Gasteiger partial charge in [-0.2, -0.15) is 0 Å². The van der Waals surface area contributed by atoms with Crippen molar-refractivity contribution >= 4 is 0 Å². The van der Waals surface area contributed by atoms with Crippen molar-refractivity contribution in [3.63, 3.8) is 0 Å². The second kappa shape index (κ2) is 2.64. The summed E-state index contributed by atoms with van der Waals surface area (Å²) in [6.07, 6.45) is -0.00887. The van der Waals surface area contributed by atoms with Crippen LogP contribution in [0.5, 0.6) is 0 Å². The largest absolute Gasteiger partial charge is 0.391 e. The molecular weight excluding hydrogens is 176 g/mol. The summed E-state index contributed by atoms with van der Waals surface area (Å²) in [7, 11) is 0. The molecule has 13 heavy (non-hydrogen) atoms. The highest BCUT2D eigenvalue weighted by atomic mass is 19.3. The van der Waals surface area contributed by atoms with Crippen molar-refractivity contribution in [2.24, 2.45) is 11.3 Å². The van der Waals surface area contributed by atoms with Crippen LogP contribution in [0, 0.1) is 11.3 Å². The Morgan fingerprint density at radius 2 is 2.08 bits per heavy atom. The lowest BCUT2D eigenvalue weighted by atomic mass is 9.91. The molecular formula is C9H15F2NO. The van der Waals surface area contributed by atoms with Crippen LogP contribution in [0.4, 0.5) is 8.78 Å². The van der Waals surface area contributed by atoms with E-state index in [4.69, 9.17) is 0 Å². The summed E-state index contributed by atoms with van der Waals surface area (Å²) in [5, 5.41) is 12.4. The second-order valence-electron chi connectivity index (χ2n) is 4.63. The molecule has 2 N–H and O–H groups in total. The van der Waals surface area contributed by atoms with Crippen LogP contribution in [0.1, 0.15) is 19.8 Å². The van der Waals surface area contributed by atoms with Gasteiger partial charge >= 0.3 is 0 Å². The van der Waals surface area contributed by atoms with Gasteiger partial charge in [0.2, 0.25) is 0 Å². The third-order valence-corrected chi connectivity index (χ3v) is 3.39. The maximum Gasteiger partial charge on any atom is 0.254 e. The van der Waals surface area contributed by atoms with Crippen molar-refractivity contribution in [1.82, 2.24) is 5.32 Å². The fourth-order valence-electron chi connectivity index (χ4n) is 2.17. The van der Waals surface area contributed by atoms with Gasteiger partial charge in [0.25, 0.3) is 5.92 Å². The monoisotopic (exact) mass is 191 g/mol. The summed E-state index contributed by atoms with van der Waals surface area (Å²) in [5.74, 6) is -2.48. The first-order valence-electron chi connectivity index (χ1n) is 4.71. The zero-order valence-electron chi connectivity index (χ0n) is 7.69. The average Bonchev–Trinajstić information content (AvgIpc) is 2.37. The van der Waals surface area contributed by atoms with Crippen LogP contribution < -0.4 is 5.32 Å². The van der Waals surface area contributed by atoms with Crippen molar-refractivity contribution in [3.8, 4) is 0 Å². The maximum atomic E-state index is 12.9. The molecule has 3 unspecified atom stereocenters. The molecule has 3 atom stereocenters. The minimum Gasteiger partial charge on any atom is -0.391 e. The van der Waals surface area contributed by atoms with Crippen molar-refractivity contribution in [3.05, 3.63) is 0 Å². The SMILES string of the molecule is CC1(CC2CNCC2O)CC1(F)F. The molecule has 2 rings (SSSR count). The first-order valence-corrected chi connectivity index (χ1v) is 4.71. The standard InChI is InChI=1S/C9H15F2NO/c1-8(5-9(8,10)11)2-6-3-12-4-7(6)13/h6-7,12-13H,2-5H2,1H3. The van der Waals surface area contributed by atoms with E-state index in [-0.39, 0.29) is 12.3 Å². The Bertz CT molecular complexity index is 222. The van der Waals surface area contributed by atoms with E-state index in [2.05, 4.69) is 5.32 Å². The lowest BCUT2D eigenvalue weighted by Gasteiger charge is -2.18. The highest BCUT2D eigenvalue weighted by Gasteiger charge is 2.68. The third kappa shape index (κ3) is 1.46. The molecule has 2 nitrogen and oxygen atoms in total. The zero-order valence-corrected chi connectivity index (χ0v) is 7.69. The van der Waals surface area contributed by atoms with Gasteiger partial charge in [0.15, 0.2) is 0 Å². The first kappa shape index (κ1) is 9.34. The molecule has 0 amide bonds. The van der Waals surface area contributed by atoms with Gasteiger partial charge in [-0.05, 0) is 12.3 Å². The van der Waals surface area contributed by atoms with E-state index in [0.717, 1.165) is 0 Å². The molecule has 1 saturated heterocycles. The molecule has 1 saturated carbocycles.